The number of nitrogens with one attached hydrogen (secondary N) is 1. The molecule has 1 saturated heterocycles. The number of hydrogen-bond acceptors (Lipinski definition) is 5. The lowest BCUT2D eigenvalue weighted by Gasteiger charge is -2.27. The van der Waals surface area contributed by atoms with Crippen molar-refractivity contribution in [3.8, 4) is 0 Å². The summed E-state index contributed by atoms with van der Waals surface area (Å²) in [6, 6.07) is 15.3. The van der Waals surface area contributed by atoms with Gasteiger partial charge in [0.05, 0.1) is 22.5 Å². The predicted molar refractivity (Wildman–Crippen MR) is 107 cm³/mol. The number of fused-ring (bicyclic) bond motifs is 1. The van der Waals surface area contributed by atoms with Crippen LogP contribution in [0.1, 0.15) is 15.9 Å². The van der Waals surface area contributed by atoms with Crippen LogP contribution in [0, 0.1) is 0 Å². The molecule has 1 aliphatic rings. The average molecular weight is 402 g/mol. The number of aromatic nitrogens is 2. The standard InChI is InChI=1S/C19H19N3O3S2/c23-18(22-9-11-27(24,25)12-10-22)15-6-2-1-5-14(15)13-26-19-20-16-7-3-4-8-17(16)21-19/h1-8H,9-13H2,(H,20,21). The van der Waals surface area contributed by atoms with Crippen LogP contribution < -0.4 is 0 Å². The van der Waals surface area contributed by atoms with Crippen LogP contribution in [-0.4, -0.2) is 53.8 Å². The van der Waals surface area contributed by atoms with Gasteiger partial charge in [-0.15, -0.1) is 0 Å². The van der Waals surface area contributed by atoms with E-state index in [9.17, 15) is 13.2 Å². The number of benzene rings is 2. The summed E-state index contributed by atoms with van der Waals surface area (Å²) in [6.07, 6.45) is 0. The van der Waals surface area contributed by atoms with Crippen molar-refractivity contribution < 1.29 is 13.2 Å². The fourth-order valence-electron chi connectivity index (χ4n) is 3.08. The Labute approximate surface area is 161 Å². The van der Waals surface area contributed by atoms with E-state index in [0.29, 0.717) is 11.3 Å². The van der Waals surface area contributed by atoms with Crippen LogP contribution in [-0.2, 0) is 15.6 Å². The van der Waals surface area contributed by atoms with Crippen LogP contribution in [0.2, 0.25) is 0 Å². The summed E-state index contributed by atoms with van der Waals surface area (Å²) in [5.74, 6) is 0.572. The average Bonchev–Trinajstić information content (AvgIpc) is 3.09. The molecule has 140 valence electrons. The number of carbonyl (C=O) groups is 1. The smallest absolute Gasteiger partial charge is 0.254 e. The molecule has 0 aliphatic carbocycles. The topological polar surface area (TPSA) is 83.1 Å². The second-order valence-electron chi connectivity index (χ2n) is 6.45. The fraction of sp³-hybridized carbons (Fsp3) is 0.263. The Hall–Kier alpha value is -2.32. The van der Waals surface area contributed by atoms with Crippen molar-refractivity contribution >= 4 is 38.5 Å². The maximum Gasteiger partial charge on any atom is 0.254 e. The summed E-state index contributed by atoms with van der Waals surface area (Å²) in [5.41, 5.74) is 3.44. The molecule has 0 radical (unpaired) electrons. The first-order valence-corrected chi connectivity index (χ1v) is 11.5. The van der Waals surface area contributed by atoms with Gasteiger partial charge in [-0.25, -0.2) is 13.4 Å². The van der Waals surface area contributed by atoms with Crippen LogP contribution in [0.4, 0.5) is 0 Å². The SMILES string of the molecule is O=C(c1ccccc1CSc1nc2ccccc2[nH]1)N1CCS(=O)(=O)CC1. The second kappa shape index (κ2) is 7.36. The van der Waals surface area contributed by atoms with Gasteiger partial charge < -0.3 is 9.88 Å². The van der Waals surface area contributed by atoms with E-state index < -0.39 is 9.84 Å². The summed E-state index contributed by atoms with van der Waals surface area (Å²) < 4.78 is 23.2. The Morgan fingerprint density at radius 1 is 1.07 bits per heavy atom. The van der Waals surface area contributed by atoms with Crippen LogP contribution in [0.25, 0.3) is 11.0 Å². The monoisotopic (exact) mass is 401 g/mol. The Morgan fingerprint density at radius 2 is 1.78 bits per heavy atom. The number of hydrogen-bond donors (Lipinski definition) is 1. The Bertz CT molecular complexity index is 1050. The summed E-state index contributed by atoms with van der Waals surface area (Å²) in [4.78, 5) is 22.3. The van der Waals surface area contributed by atoms with Crippen LogP contribution >= 0.6 is 11.8 Å². The third kappa shape index (κ3) is 4.01. The summed E-state index contributed by atoms with van der Waals surface area (Å²) in [5, 5.41) is 0.808. The van der Waals surface area contributed by atoms with E-state index in [-0.39, 0.29) is 30.5 Å². The van der Waals surface area contributed by atoms with Crippen molar-refractivity contribution in [3.63, 3.8) is 0 Å². The zero-order valence-electron chi connectivity index (χ0n) is 14.6. The molecular weight excluding hydrogens is 382 g/mol. The van der Waals surface area contributed by atoms with E-state index >= 15 is 0 Å². The van der Waals surface area contributed by atoms with Gasteiger partial charge in [-0.05, 0) is 23.8 Å². The molecule has 1 aromatic heterocycles. The van der Waals surface area contributed by atoms with Gasteiger partial charge in [0.15, 0.2) is 15.0 Å². The first-order valence-electron chi connectivity index (χ1n) is 8.67. The van der Waals surface area contributed by atoms with E-state index in [2.05, 4.69) is 9.97 Å². The Morgan fingerprint density at radius 3 is 2.56 bits per heavy atom. The van der Waals surface area contributed by atoms with Crippen molar-refractivity contribution in [3.05, 3.63) is 59.7 Å². The van der Waals surface area contributed by atoms with E-state index in [1.807, 2.05) is 42.5 Å². The predicted octanol–water partition coefficient (Wildman–Crippen LogP) is 2.73. The molecule has 2 aromatic carbocycles. The van der Waals surface area contributed by atoms with Gasteiger partial charge >= 0.3 is 0 Å². The summed E-state index contributed by atoms with van der Waals surface area (Å²) in [7, 11) is -3.01. The molecule has 8 heteroatoms. The highest BCUT2D eigenvalue weighted by Crippen LogP contribution is 2.25. The van der Waals surface area contributed by atoms with Crippen LogP contribution in [0.15, 0.2) is 53.7 Å². The molecule has 0 bridgehead atoms. The molecule has 6 nitrogen and oxygen atoms in total. The first-order chi connectivity index (χ1) is 13.0. The molecule has 1 amide bonds. The lowest BCUT2D eigenvalue weighted by molar-refractivity contribution is 0.0769. The molecule has 27 heavy (non-hydrogen) atoms. The van der Waals surface area contributed by atoms with E-state index in [1.54, 1.807) is 22.7 Å². The number of carbonyl (C=O) groups excluding carboxylic acids is 1. The molecule has 1 N–H and O–H groups in total. The number of amides is 1. The molecule has 0 atom stereocenters. The number of H-pyrrole nitrogens is 1. The van der Waals surface area contributed by atoms with E-state index in [4.69, 9.17) is 0 Å². The maximum absolute atomic E-state index is 12.9. The zero-order valence-corrected chi connectivity index (χ0v) is 16.2. The highest BCUT2D eigenvalue weighted by atomic mass is 32.2. The number of thioether (sulfide) groups is 1. The van der Waals surface area contributed by atoms with E-state index in [0.717, 1.165) is 21.8 Å². The fourth-order valence-corrected chi connectivity index (χ4v) is 5.17. The molecular formula is C19H19N3O3S2. The minimum atomic E-state index is -3.01. The van der Waals surface area contributed by atoms with Crippen molar-refractivity contribution in [1.29, 1.82) is 0 Å². The van der Waals surface area contributed by atoms with Crippen LogP contribution in [0.3, 0.4) is 0 Å². The van der Waals surface area contributed by atoms with Gasteiger partial charge in [0.2, 0.25) is 0 Å². The quantitative estimate of drug-likeness (QED) is 0.680. The Kier molecular flexibility index (Phi) is 4.92. The molecule has 1 fully saturated rings. The number of aromatic amines is 1. The van der Waals surface area contributed by atoms with Crippen molar-refractivity contribution in [1.82, 2.24) is 14.9 Å². The van der Waals surface area contributed by atoms with Gasteiger partial charge in [-0.3, -0.25) is 4.79 Å². The molecule has 2 heterocycles. The highest BCUT2D eigenvalue weighted by Gasteiger charge is 2.26. The lowest BCUT2D eigenvalue weighted by atomic mass is 10.1. The second-order valence-corrected chi connectivity index (χ2v) is 9.72. The van der Waals surface area contributed by atoms with Crippen molar-refractivity contribution in [2.45, 2.75) is 10.9 Å². The number of sulfone groups is 1. The van der Waals surface area contributed by atoms with Gasteiger partial charge in [0.1, 0.15) is 0 Å². The molecule has 1 aliphatic heterocycles. The molecule has 4 rings (SSSR count). The largest absolute Gasteiger partial charge is 0.337 e. The van der Waals surface area contributed by atoms with Crippen molar-refractivity contribution in [2.75, 3.05) is 24.6 Å². The minimum absolute atomic E-state index is 0.0364. The van der Waals surface area contributed by atoms with Crippen LogP contribution in [0.5, 0.6) is 0 Å². The third-order valence-corrected chi connectivity index (χ3v) is 7.14. The number of rotatable bonds is 4. The molecule has 0 unspecified atom stereocenters. The molecule has 0 saturated carbocycles. The van der Waals surface area contributed by atoms with Gasteiger partial charge in [0.25, 0.3) is 5.91 Å². The number of para-hydroxylation sites is 2. The molecule has 0 spiro atoms. The van der Waals surface area contributed by atoms with E-state index in [1.165, 1.54) is 0 Å². The van der Waals surface area contributed by atoms with Crippen molar-refractivity contribution in [2.24, 2.45) is 0 Å². The summed E-state index contributed by atoms with van der Waals surface area (Å²) in [6.45, 7) is 0.512. The minimum Gasteiger partial charge on any atom is -0.337 e. The molecule has 3 aromatic rings. The van der Waals surface area contributed by atoms with Gasteiger partial charge in [-0.2, -0.15) is 0 Å². The van der Waals surface area contributed by atoms with Gasteiger partial charge in [-0.1, -0.05) is 42.1 Å². The summed E-state index contributed by atoms with van der Waals surface area (Å²) >= 11 is 1.54. The van der Waals surface area contributed by atoms with Gasteiger partial charge in [0, 0.05) is 24.4 Å². The number of imidazole rings is 1. The maximum atomic E-state index is 12.9. The lowest BCUT2D eigenvalue weighted by Crippen LogP contribution is -2.44. The normalized spacial score (nSPS) is 16.5. The highest BCUT2D eigenvalue weighted by molar-refractivity contribution is 7.98. The number of nitrogens with zero attached hydrogens (tertiary/aromatic N) is 2. The third-order valence-electron chi connectivity index (χ3n) is 4.61. The zero-order chi connectivity index (χ0) is 18.9. The first kappa shape index (κ1) is 18.1. The Balaban J connectivity index is 1.50.